The third kappa shape index (κ3) is 0.875. The lowest BCUT2D eigenvalue weighted by molar-refractivity contribution is -0.228. The highest BCUT2D eigenvalue weighted by molar-refractivity contribution is 5.13. The Hall–Kier alpha value is 0. The lowest BCUT2D eigenvalue weighted by Crippen LogP contribution is -2.65. The highest BCUT2D eigenvalue weighted by Crippen LogP contribution is 2.71. The predicted molar refractivity (Wildman–Crippen MR) is 64.9 cm³/mol. The maximum atomic E-state index is 1.62. The molecule has 4 bridgehead atoms. The molecule has 0 N–H and O–H groups in total. The zero-order valence-corrected chi connectivity index (χ0v) is 10.3. The smallest absolute Gasteiger partial charge is 0.0318 e. The second kappa shape index (κ2) is 2.87. The van der Waals surface area contributed by atoms with Gasteiger partial charge in [-0.2, -0.15) is 0 Å². The maximum Gasteiger partial charge on any atom is -0.0318 e. The van der Waals surface area contributed by atoms with Crippen LogP contribution in [0.25, 0.3) is 0 Å². The summed E-state index contributed by atoms with van der Waals surface area (Å²) in [6, 6.07) is 0. The first-order valence-corrected chi connectivity index (χ1v) is 7.93. The number of hydrogen-bond donors (Lipinski definition) is 0. The van der Waals surface area contributed by atoms with Crippen LogP contribution in [-0.4, -0.2) is 0 Å². The minimum absolute atomic E-state index is 1.19. The van der Waals surface area contributed by atoms with Crippen molar-refractivity contribution >= 4 is 0 Å². The van der Waals surface area contributed by atoms with E-state index in [0.29, 0.717) is 0 Å². The van der Waals surface area contributed by atoms with E-state index in [4.69, 9.17) is 0 Å². The monoisotopic (exact) mass is 216 g/mol. The van der Waals surface area contributed by atoms with Crippen LogP contribution in [0.1, 0.15) is 51.4 Å². The van der Waals surface area contributed by atoms with E-state index in [9.17, 15) is 0 Å². The van der Waals surface area contributed by atoms with Crippen LogP contribution >= 0.6 is 0 Å². The van der Waals surface area contributed by atoms with Gasteiger partial charge in [0.25, 0.3) is 0 Å². The van der Waals surface area contributed by atoms with E-state index in [1.165, 1.54) is 47.3 Å². The molecule has 88 valence electrons. The Morgan fingerprint density at radius 1 is 0.312 bits per heavy atom. The van der Waals surface area contributed by atoms with Crippen LogP contribution in [0.4, 0.5) is 0 Å². The Kier molecular flexibility index (Phi) is 1.61. The number of fused-ring (bicyclic) bond motifs is 4. The minimum Gasteiger partial charge on any atom is -0.0499 e. The highest BCUT2D eigenvalue weighted by Gasteiger charge is 2.65. The SMILES string of the molecule is C1CC2CCC1C1C2C2C3CCC(CC3)C12. The molecular formula is C16H24. The Balaban J connectivity index is 1.54. The van der Waals surface area contributed by atoms with Gasteiger partial charge in [-0.05, 0) is 98.7 Å². The molecule has 0 heteroatoms. The summed E-state index contributed by atoms with van der Waals surface area (Å²) in [5.74, 6) is 9.73. The molecule has 0 aromatic carbocycles. The van der Waals surface area contributed by atoms with Gasteiger partial charge in [0.1, 0.15) is 0 Å². The molecule has 0 atom stereocenters. The van der Waals surface area contributed by atoms with Crippen LogP contribution in [0, 0.1) is 47.3 Å². The quantitative estimate of drug-likeness (QED) is 0.572. The summed E-state index contributed by atoms with van der Waals surface area (Å²) >= 11 is 0. The molecule has 0 saturated heterocycles. The van der Waals surface area contributed by atoms with Crippen LogP contribution in [-0.2, 0) is 0 Å². The molecule has 0 radical (unpaired) electrons. The second-order valence-corrected chi connectivity index (χ2v) is 7.66. The Labute approximate surface area is 99.2 Å². The second-order valence-electron chi connectivity index (χ2n) is 7.66. The lowest BCUT2D eigenvalue weighted by Gasteiger charge is -2.71. The van der Waals surface area contributed by atoms with Gasteiger partial charge in [-0.15, -0.1) is 0 Å². The van der Waals surface area contributed by atoms with E-state index in [0.717, 1.165) is 0 Å². The fourth-order valence-electron chi connectivity index (χ4n) is 7.22. The summed E-state index contributed by atoms with van der Waals surface area (Å²) in [5.41, 5.74) is 0. The van der Waals surface area contributed by atoms with Crippen LogP contribution in [0.2, 0.25) is 0 Å². The fraction of sp³-hybridized carbons (Fsp3) is 1.00. The van der Waals surface area contributed by atoms with Crippen molar-refractivity contribution in [2.75, 3.05) is 0 Å². The fourth-order valence-corrected chi connectivity index (χ4v) is 7.22. The lowest BCUT2D eigenvalue weighted by atomic mass is 9.34. The van der Waals surface area contributed by atoms with Crippen molar-refractivity contribution in [3.63, 3.8) is 0 Å². The average Bonchev–Trinajstić information content (AvgIpc) is 2.33. The summed E-state index contributed by atoms with van der Waals surface area (Å²) in [4.78, 5) is 0. The molecule has 0 amide bonds. The van der Waals surface area contributed by atoms with Crippen molar-refractivity contribution in [1.82, 2.24) is 0 Å². The van der Waals surface area contributed by atoms with Gasteiger partial charge in [0.15, 0.2) is 0 Å². The molecule has 7 rings (SSSR count). The summed E-state index contributed by atoms with van der Waals surface area (Å²) in [5, 5.41) is 0. The van der Waals surface area contributed by atoms with E-state index in [2.05, 4.69) is 0 Å². The van der Waals surface area contributed by atoms with Gasteiger partial charge in [0.05, 0.1) is 0 Å². The number of rotatable bonds is 0. The molecular weight excluding hydrogens is 192 g/mol. The van der Waals surface area contributed by atoms with E-state index < -0.39 is 0 Å². The number of hydrogen-bond acceptors (Lipinski definition) is 0. The molecule has 0 spiro atoms. The van der Waals surface area contributed by atoms with Gasteiger partial charge in [0, 0.05) is 0 Å². The largest absolute Gasteiger partial charge is 0.0499 e. The maximum absolute atomic E-state index is 1.62. The molecule has 7 fully saturated rings. The van der Waals surface area contributed by atoms with Crippen LogP contribution < -0.4 is 0 Å². The summed E-state index contributed by atoms with van der Waals surface area (Å²) in [7, 11) is 0. The molecule has 0 unspecified atom stereocenters. The van der Waals surface area contributed by atoms with Crippen molar-refractivity contribution in [2.24, 2.45) is 47.3 Å². The van der Waals surface area contributed by atoms with Crippen molar-refractivity contribution in [2.45, 2.75) is 51.4 Å². The van der Waals surface area contributed by atoms with E-state index in [-0.39, 0.29) is 0 Å². The topological polar surface area (TPSA) is 0 Å². The third-order valence-electron chi connectivity index (χ3n) is 7.59. The molecule has 16 heavy (non-hydrogen) atoms. The van der Waals surface area contributed by atoms with Gasteiger partial charge in [-0.1, -0.05) is 0 Å². The van der Waals surface area contributed by atoms with Crippen LogP contribution in [0.15, 0.2) is 0 Å². The molecule has 0 heterocycles. The summed E-state index contributed by atoms with van der Waals surface area (Å²) in [6.07, 6.45) is 12.9. The Morgan fingerprint density at radius 3 is 0.688 bits per heavy atom. The van der Waals surface area contributed by atoms with Crippen molar-refractivity contribution in [3.8, 4) is 0 Å². The predicted octanol–water partition coefficient (Wildman–Crippen LogP) is 4.10. The van der Waals surface area contributed by atoms with Gasteiger partial charge in [-0.25, -0.2) is 0 Å². The van der Waals surface area contributed by atoms with E-state index >= 15 is 0 Å². The van der Waals surface area contributed by atoms with E-state index in [1.54, 1.807) is 51.4 Å². The molecule has 7 saturated carbocycles. The minimum atomic E-state index is 1.19. The highest BCUT2D eigenvalue weighted by atomic mass is 14.7. The van der Waals surface area contributed by atoms with Gasteiger partial charge in [-0.3, -0.25) is 0 Å². The van der Waals surface area contributed by atoms with Crippen molar-refractivity contribution in [3.05, 3.63) is 0 Å². The van der Waals surface area contributed by atoms with Crippen molar-refractivity contribution < 1.29 is 0 Å². The van der Waals surface area contributed by atoms with Crippen LogP contribution in [0.3, 0.4) is 0 Å². The van der Waals surface area contributed by atoms with Gasteiger partial charge < -0.3 is 0 Å². The molecule has 0 aromatic rings. The molecule has 7 aliphatic carbocycles. The van der Waals surface area contributed by atoms with Gasteiger partial charge >= 0.3 is 0 Å². The Bertz CT molecular complexity index is 232. The average molecular weight is 216 g/mol. The summed E-state index contributed by atoms with van der Waals surface area (Å²) in [6.45, 7) is 0. The van der Waals surface area contributed by atoms with Crippen molar-refractivity contribution in [1.29, 1.82) is 0 Å². The normalized spacial score (nSPS) is 66.0. The molecule has 0 aliphatic heterocycles. The zero-order valence-electron chi connectivity index (χ0n) is 10.3. The van der Waals surface area contributed by atoms with Gasteiger partial charge in [0.2, 0.25) is 0 Å². The Morgan fingerprint density at radius 2 is 0.500 bits per heavy atom. The van der Waals surface area contributed by atoms with Crippen LogP contribution in [0.5, 0.6) is 0 Å². The molecule has 0 nitrogen and oxygen atoms in total. The first-order valence-electron chi connectivity index (χ1n) is 7.93. The summed E-state index contributed by atoms with van der Waals surface area (Å²) < 4.78 is 0. The van der Waals surface area contributed by atoms with E-state index in [1.807, 2.05) is 0 Å². The first kappa shape index (κ1) is 9.00. The molecule has 0 aromatic heterocycles. The third-order valence-corrected chi connectivity index (χ3v) is 7.59. The molecule has 7 aliphatic rings. The standard InChI is InChI=1S/C16H24/c1-2-10-4-3-9(1)13-14(10)16-12-7-5-11(6-8-12)15(13)16/h9-16H,1-8H2. The zero-order chi connectivity index (χ0) is 10.3. The first-order chi connectivity index (χ1) is 7.93.